The summed E-state index contributed by atoms with van der Waals surface area (Å²) in [6.07, 6.45) is -2.69. The van der Waals surface area contributed by atoms with Gasteiger partial charge >= 0.3 is 6.18 Å². The minimum absolute atomic E-state index is 0.360. The Morgan fingerprint density at radius 2 is 1.67 bits per heavy atom. The monoisotopic (exact) mass is 295 g/mol. The van der Waals surface area contributed by atoms with E-state index in [1.54, 1.807) is 6.07 Å². The number of hydrogen-bond acceptors (Lipinski definition) is 1. The van der Waals surface area contributed by atoms with Gasteiger partial charge in [-0.25, -0.2) is 4.39 Å². The van der Waals surface area contributed by atoms with Crippen LogP contribution in [0, 0.1) is 5.82 Å². The van der Waals surface area contributed by atoms with Crippen LogP contribution in [0.3, 0.4) is 0 Å². The van der Waals surface area contributed by atoms with Gasteiger partial charge in [0.1, 0.15) is 5.82 Å². The summed E-state index contributed by atoms with van der Waals surface area (Å²) in [5, 5.41) is 3.23. The van der Waals surface area contributed by atoms with E-state index in [0.29, 0.717) is 11.1 Å². The van der Waals surface area contributed by atoms with E-state index in [-0.39, 0.29) is 0 Å². The fourth-order valence-electron chi connectivity index (χ4n) is 2.56. The Bertz CT molecular complexity index is 676. The van der Waals surface area contributed by atoms with Crippen LogP contribution in [0.2, 0.25) is 0 Å². The molecule has 1 heterocycles. The second kappa shape index (κ2) is 5.06. The van der Waals surface area contributed by atoms with Crippen molar-refractivity contribution in [2.75, 3.05) is 11.9 Å². The van der Waals surface area contributed by atoms with Crippen LogP contribution in [0.1, 0.15) is 17.5 Å². The molecular weight excluding hydrogens is 282 g/mol. The van der Waals surface area contributed by atoms with Crippen LogP contribution in [0.15, 0.2) is 36.4 Å². The summed E-state index contributed by atoms with van der Waals surface area (Å²) in [5.41, 5.74) is 1.87. The molecule has 0 unspecified atom stereocenters. The molecule has 0 radical (unpaired) electrons. The van der Waals surface area contributed by atoms with Gasteiger partial charge in [0, 0.05) is 12.2 Å². The van der Waals surface area contributed by atoms with Gasteiger partial charge < -0.3 is 5.32 Å². The third-order valence-corrected chi connectivity index (χ3v) is 3.65. The molecule has 0 aliphatic carbocycles. The number of nitrogens with one attached hydrogen (secondary N) is 1. The van der Waals surface area contributed by atoms with Crippen LogP contribution in [0.25, 0.3) is 11.1 Å². The molecule has 0 spiro atoms. The van der Waals surface area contributed by atoms with Crippen molar-refractivity contribution < 1.29 is 17.6 Å². The summed E-state index contributed by atoms with van der Waals surface area (Å²) in [5.74, 6) is -1.25. The smallest absolute Gasteiger partial charge is 0.385 e. The predicted octanol–water partition coefficient (Wildman–Crippen LogP) is 4.87. The Kier molecular flexibility index (Phi) is 3.35. The first-order chi connectivity index (χ1) is 9.95. The minimum Gasteiger partial charge on any atom is -0.385 e. The maximum absolute atomic E-state index is 13.3. The van der Waals surface area contributed by atoms with Gasteiger partial charge in [-0.3, -0.25) is 0 Å². The van der Waals surface area contributed by atoms with Gasteiger partial charge in [-0.05, 0) is 47.7 Å². The van der Waals surface area contributed by atoms with Crippen molar-refractivity contribution in [2.24, 2.45) is 0 Å². The van der Waals surface area contributed by atoms with Crippen molar-refractivity contribution in [1.29, 1.82) is 0 Å². The van der Waals surface area contributed by atoms with Crippen molar-refractivity contribution in [1.82, 2.24) is 0 Å². The van der Waals surface area contributed by atoms with Gasteiger partial charge in [0.2, 0.25) is 0 Å². The van der Waals surface area contributed by atoms with Crippen molar-refractivity contribution >= 4 is 5.69 Å². The molecule has 110 valence electrons. The van der Waals surface area contributed by atoms with Crippen LogP contribution in [0.5, 0.6) is 0 Å². The lowest BCUT2D eigenvalue weighted by Gasteiger charge is -2.19. The minimum atomic E-state index is -4.69. The van der Waals surface area contributed by atoms with Gasteiger partial charge in [-0.2, -0.15) is 13.2 Å². The van der Waals surface area contributed by atoms with Gasteiger partial charge in [-0.15, -0.1) is 0 Å². The zero-order valence-corrected chi connectivity index (χ0v) is 11.1. The summed E-state index contributed by atoms with van der Waals surface area (Å²) in [4.78, 5) is 0. The molecular formula is C16H13F4N. The second-order valence-corrected chi connectivity index (χ2v) is 5.09. The molecule has 0 fully saturated rings. The van der Waals surface area contributed by atoms with E-state index in [4.69, 9.17) is 0 Å². The van der Waals surface area contributed by atoms with Crippen molar-refractivity contribution in [3.05, 3.63) is 53.3 Å². The van der Waals surface area contributed by atoms with Gasteiger partial charge in [-0.1, -0.05) is 18.2 Å². The number of benzene rings is 2. The first kappa shape index (κ1) is 13.9. The number of anilines is 1. The fraction of sp³-hybridized carbons (Fsp3) is 0.250. The highest BCUT2D eigenvalue weighted by Crippen LogP contribution is 2.35. The summed E-state index contributed by atoms with van der Waals surface area (Å²) in [6.45, 7) is 0.855. The van der Waals surface area contributed by atoms with E-state index < -0.39 is 17.6 Å². The van der Waals surface area contributed by atoms with Crippen molar-refractivity contribution in [3.63, 3.8) is 0 Å². The molecule has 0 bridgehead atoms. The Morgan fingerprint density at radius 3 is 2.43 bits per heavy atom. The zero-order chi connectivity index (χ0) is 15.0. The molecule has 0 saturated carbocycles. The number of hydrogen-bond donors (Lipinski definition) is 1. The lowest BCUT2D eigenvalue weighted by atomic mass is 9.97. The summed E-state index contributed by atoms with van der Waals surface area (Å²) >= 11 is 0. The molecule has 0 saturated heterocycles. The molecule has 1 aliphatic rings. The summed E-state index contributed by atoms with van der Waals surface area (Å²) in [6, 6.07) is 8.61. The van der Waals surface area contributed by atoms with E-state index in [2.05, 4.69) is 5.32 Å². The maximum Gasteiger partial charge on any atom is 0.419 e. The van der Waals surface area contributed by atoms with Crippen molar-refractivity contribution in [3.8, 4) is 11.1 Å². The van der Waals surface area contributed by atoms with Crippen LogP contribution >= 0.6 is 0 Å². The number of halogens is 4. The highest BCUT2D eigenvalue weighted by atomic mass is 19.4. The molecule has 21 heavy (non-hydrogen) atoms. The van der Waals surface area contributed by atoms with Gasteiger partial charge in [0.15, 0.2) is 0 Å². The molecule has 1 N–H and O–H groups in total. The topological polar surface area (TPSA) is 12.0 Å². The number of fused-ring (bicyclic) bond motifs is 1. The number of aryl methyl sites for hydroxylation is 1. The largest absolute Gasteiger partial charge is 0.419 e. The quantitative estimate of drug-likeness (QED) is 0.740. The average molecular weight is 295 g/mol. The Hall–Kier alpha value is -2.04. The predicted molar refractivity (Wildman–Crippen MR) is 73.6 cm³/mol. The van der Waals surface area contributed by atoms with E-state index >= 15 is 0 Å². The zero-order valence-electron chi connectivity index (χ0n) is 11.1. The third kappa shape index (κ3) is 2.73. The average Bonchev–Trinajstić information content (AvgIpc) is 2.46. The molecule has 0 aromatic heterocycles. The van der Waals surface area contributed by atoms with E-state index in [1.165, 1.54) is 6.07 Å². The molecule has 5 heteroatoms. The highest BCUT2D eigenvalue weighted by molar-refractivity contribution is 5.71. The van der Waals surface area contributed by atoms with Crippen LogP contribution in [0.4, 0.5) is 23.2 Å². The Morgan fingerprint density at radius 1 is 0.952 bits per heavy atom. The van der Waals surface area contributed by atoms with Gasteiger partial charge in [0.05, 0.1) is 5.56 Å². The van der Waals surface area contributed by atoms with Crippen LogP contribution in [-0.4, -0.2) is 6.54 Å². The standard InChI is InChI=1S/C16H13F4N/c17-14-6-5-11(8-13(14)16(18,19)20)12-4-3-10-2-1-7-21-15(10)9-12/h3-6,8-9,21H,1-2,7H2. The summed E-state index contributed by atoms with van der Waals surface area (Å²) in [7, 11) is 0. The SMILES string of the molecule is Fc1ccc(-c2ccc3c(c2)NCCC3)cc1C(F)(F)F. The van der Waals surface area contributed by atoms with E-state index in [1.807, 2.05) is 12.1 Å². The van der Waals surface area contributed by atoms with Crippen molar-refractivity contribution in [2.45, 2.75) is 19.0 Å². The van der Waals surface area contributed by atoms with Crippen LogP contribution in [-0.2, 0) is 12.6 Å². The number of rotatable bonds is 1. The molecule has 0 atom stereocenters. The molecule has 3 rings (SSSR count). The Balaban J connectivity index is 2.05. The highest BCUT2D eigenvalue weighted by Gasteiger charge is 2.34. The molecule has 1 aliphatic heterocycles. The lowest BCUT2D eigenvalue weighted by Crippen LogP contribution is -2.11. The lowest BCUT2D eigenvalue weighted by molar-refractivity contribution is -0.139. The second-order valence-electron chi connectivity index (χ2n) is 5.09. The van der Waals surface area contributed by atoms with E-state index in [0.717, 1.165) is 42.8 Å². The molecule has 0 amide bonds. The third-order valence-electron chi connectivity index (χ3n) is 3.65. The fourth-order valence-corrected chi connectivity index (χ4v) is 2.56. The molecule has 2 aromatic rings. The van der Waals surface area contributed by atoms with Gasteiger partial charge in [0.25, 0.3) is 0 Å². The normalized spacial score (nSPS) is 14.5. The van der Waals surface area contributed by atoms with E-state index in [9.17, 15) is 17.6 Å². The first-order valence-electron chi connectivity index (χ1n) is 6.69. The molecule has 1 nitrogen and oxygen atoms in total. The van der Waals surface area contributed by atoms with Crippen LogP contribution < -0.4 is 5.32 Å². The molecule has 2 aromatic carbocycles. The number of alkyl halides is 3. The summed E-state index contributed by atoms with van der Waals surface area (Å²) < 4.78 is 51.6. The maximum atomic E-state index is 13.3. The first-order valence-corrected chi connectivity index (χ1v) is 6.69. The Labute approximate surface area is 119 Å².